The molecule has 5 heterocycles. The number of aliphatic imine (C=N–C) groups is 3. The van der Waals surface area contributed by atoms with Crippen LogP contribution < -0.4 is 5.32 Å². The van der Waals surface area contributed by atoms with Crippen molar-refractivity contribution < 1.29 is 29.6 Å². The molecule has 1 saturated carbocycles. The summed E-state index contributed by atoms with van der Waals surface area (Å²) in [7, 11) is 1.28. The number of carboxylic acid groups (broad SMARTS) is 1. The molecule has 1 saturated heterocycles. The normalized spacial score (nSPS) is 27.8. The number of hydrogen-bond donors (Lipinski definition) is 4. The average Bonchev–Trinajstić information content (AvgIpc) is 3.76. The van der Waals surface area contributed by atoms with Crippen LogP contribution in [0.5, 0.6) is 0 Å². The van der Waals surface area contributed by atoms with Crippen LogP contribution in [0.25, 0.3) is 0 Å². The third-order valence-corrected chi connectivity index (χ3v) is 9.59. The zero-order valence-corrected chi connectivity index (χ0v) is 25.9. The molecule has 4 atom stereocenters. The van der Waals surface area contributed by atoms with Crippen LogP contribution in [0.15, 0.2) is 120 Å². The molecular weight excluding hydrogens is 572 g/mol. The first-order chi connectivity index (χ1) is 21.5. The molecule has 1 unspecified atom stereocenters. The van der Waals surface area contributed by atoms with E-state index in [0.717, 1.165) is 28.7 Å². The van der Waals surface area contributed by atoms with E-state index in [-0.39, 0.29) is 18.3 Å². The summed E-state index contributed by atoms with van der Waals surface area (Å²) in [4.78, 5) is 39.8. The summed E-state index contributed by atoms with van der Waals surface area (Å²) >= 11 is 0. The van der Waals surface area contributed by atoms with E-state index in [1.807, 2.05) is 45.9 Å². The van der Waals surface area contributed by atoms with Crippen LogP contribution in [0.2, 0.25) is 0 Å². The molecule has 0 spiro atoms. The number of fused-ring (bicyclic) bond motifs is 5. The van der Waals surface area contributed by atoms with Gasteiger partial charge in [-0.25, -0.2) is 15.0 Å². The summed E-state index contributed by atoms with van der Waals surface area (Å²) in [6, 6.07) is 0. The van der Waals surface area contributed by atoms with Gasteiger partial charge < -0.3 is 25.4 Å². The van der Waals surface area contributed by atoms with Crippen molar-refractivity contribution >= 4 is 29.1 Å². The predicted octanol–water partition coefficient (Wildman–Crippen LogP) is 5.08. The van der Waals surface area contributed by atoms with Crippen molar-refractivity contribution in [3.05, 3.63) is 105 Å². The van der Waals surface area contributed by atoms with Gasteiger partial charge in [-0.15, -0.1) is 0 Å². The molecule has 0 aromatic carbocycles. The monoisotopic (exact) mass is 608 g/mol. The van der Waals surface area contributed by atoms with Gasteiger partial charge in [0.25, 0.3) is 0 Å². The molecule has 0 amide bonds. The molecule has 8 bridgehead atoms. The smallest absolute Gasteiger partial charge is 0.316 e. The second kappa shape index (κ2) is 11.3. The number of aliphatic hydroxyl groups excluding tert-OH is 2. The Hall–Kier alpha value is -4.83. The fourth-order valence-electron chi connectivity index (χ4n) is 7.18. The van der Waals surface area contributed by atoms with Gasteiger partial charge in [0.1, 0.15) is 5.92 Å². The summed E-state index contributed by atoms with van der Waals surface area (Å²) in [5.41, 5.74) is 9.94. The number of nitrogens with one attached hydrogen (secondary N) is 1. The molecule has 0 aromatic rings. The third kappa shape index (κ3) is 4.63. The topological polar surface area (TPSA) is 153 Å². The van der Waals surface area contributed by atoms with Crippen LogP contribution in [0.1, 0.15) is 47.0 Å². The van der Waals surface area contributed by atoms with E-state index in [1.165, 1.54) is 7.11 Å². The Morgan fingerprint density at radius 1 is 1.07 bits per heavy atom. The molecule has 232 valence electrons. The number of methoxy groups -OCH3 is 1. The minimum Gasteiger partial charge on any atom is -0.515 e. The van der Waals surface area contributed by atoms with Crippen molar-refractivity contribution in [1.29, 1.82) is 0 Å². The quantitative estimate of drug-likeness (QED) is 0.242. The van der Waals surface area contributed by atoms with Gasteiger partial charge >= 0.3 is 11.9 Å². The Kier molecular flexibility index (Phi) is 7.56. The van der Waals surface area contributed by atoms with Gasteiger partial charge in [0, 0.05) is 51.9 Å². The summed E-state index contributed by atoms with van der Waals surface area (Å²) in [5, 5.41) is 35.1. The first-order valence-electron chi connectivity index (χ1n) is 15.1. The maximum absolute atomic E-state index is 13.3. The number of nitrogens with zero attached hydrogens (tertiary/aromatic N) is 3. The summed E-state index contributed by atoms with van der Waals surface area (Å²) in [5.74, 6) is -3.04. The molecule has 1 aliphatic carbocycles. The molecule has 10 heteroatoms. The Balaban J connectivity index is 1.68. The van der Waals surface area contributed by atoms with Gasteiger partial charge in [-0.3, -0.25) is 9.59 Å². The van der Waals surface area contributed by atoms with E-state index in [4.69, 9.17) is 19.7 Å². The molecule has 4 N–H and O–H groups in total. The first kappa shape index (κ1) is 30.2. The number of ether oxygens (including phenoxy) is 1. The van der Waals surface area contributed by atoms with Crippen LogP contribution in [0.4, 0.5) is 0 Å². The number of aliphatic carboxylic acids is 1. The standard InChI is InChI=1S/C35H36N4O6/c1-7-18-15(3)22-11-23-16(4)20(9-10-28(41)42)32(38-23)30-31(35(44)45-6)34(43)29-17(5)24(39-33(29)30)12-26-19(8-2)21(14-40)27(37-26)13-25(18)36-22/h7,11-14,16,20,31,34,38,40,43H,1,8-10H2,2-6H3,(H,41,42)/b21-14-,23-11?,24-12?,25-13?,32-30?/t16-,20-,31+,34?/m0/s1. The van der Waals surface area contributed by atoms with Gasteiger partial charge in [-0.2, -0.15) is 0 Å². The lowest BCUT2D eigenvalue weighted by molar-refractivity contribution is -0.146. The average molecular weight is 609 g/mol. The van der Waals surface area contributed by atoms with Crippen molar-refractivity contribution in [2.45, 2.75) is 53.1 Å². The highest BCUT2D eigenvalue weighted by Crippen LogP contribution is 2.49. The predicted molar refractivity (Wildman–Crippen MR) is 171 cm³/mol. The van der Waals surface area contributed by atoms with Crippen LogP contribution in [-0.4, -0.2) is 57.6 Å². The number of esters is 1. The van der Waals surface area contributed by atoms with Gasteiger partial charge in [-0.05, 0) is 61.6 Å². The molecule has 0 aromatic heterocycles. The molecule has 2 fully saturated rings. The highest BCUT2D eigenvalue weighted by atomic mass is 16.5. The summed E-state index contributed by atoms with van der Waals surface area (Å²) < 4.78 is 5.17. The Morgan fingerprint density at radius 3 is 2.47 bits per heavy atom. The molecule has 45 heavy (non-hydrogen) atoms. The lowest BCUT2D eigenvalue weighted by Crippen LogP contribution is -2.29. The van der Waals surface area contributed by atoms with Gasteiger partial charge in [0.15, 0.2) is 0 Å². The Bertz CT molecular complexity index is 1820. The van der Waals surface area contributed by atoms with Crippen molar-refractivity contribution in [2.24, 2.45) is 32.7 Å². The maximum atomic E-state index is 13.3. The SMILES string of the molecule is C=CC1=C(C)C2=NC1=CC1=NC(=C(CC)/C1=C/O)C=C1N=C3C(=C1C)C(O)[C@H](C(=O)OC)C3=C1NC(=C2)[C@@H](C)[C@@H]1CCC(=O)O. The number of allylic oxidation sites excluding steroid dienone is 10. The minimum atomic E-state index is -1.21. The first-order valence-corrected chi connectivity index (χ1v) is 15.1. The maximum Gasteiger partial charge on any atom is 0.316 e. The minimum absolute atomic E-state index is 0.0757. The molecular formula is C35H36N4O6. The second-order valence-corrected chi connectivity index (χ2v) is 11.9. The lowest BCUT2D eigenvalue weighted by Gasteiger charge is -2.20. The number of carboxylic acids is 1. The highest BCUT2D eigenvalue weighted by Gasteiger charge is 2.51. The van der Waals surface area contributed by atoms with E-state index < -0.39 is 24.0 Å². The Morgan fingerprint density at radius 2 is 1.82 bits per heavy atom. The second-order valence-electron chi connectivity index (χ2n) is 11.9. The lowest BCUT2D eigenvalue weighted by atomic mass is 9.84. The fourth-order valence-corrected chi connectivity index (χ4v) is 7.18. The van der Waals surface area contributed by atoms with E-state index in [2.05, 4.69) is 11.9 Å². The van der Waals surface area contributed by atoms with Crippen LogP contribution in [0.3, 0.4) is 0 Å². The van der Waals surface area contributed by atoms with Crippen molar-refractivity contribution in [3.8, 4) is 0 Å². The van der Waals surface area contributed by atoms with E-state index in [0.29, 0.717) is 75.1 Å². The van der Waals surface area contributed by atoms with Gasteiger partial charge in [0.05, 0.1) is 53.7 Å². The molecule has 0 radical (unpaired) electrons. The Labute approximate surface area is 261 Å². The van der Waals surface area contributed by atoms with Gasteiger partial charge in [0.2, 0.25) is 0 Å². The zero-order valence-electron chi connectivity index (χ0n) is 25.9. The molecule has 5 aliphatic heterocycles. The fraction of sp³-hybridized carbons (Fsp3) is 0.343. The molecule has 10 nitrogen and oxygen atoms in total. The van der Waals surface area contributed by atoms with E-state index in [1.54, 1.807) is 6.08 Å². The number of carbonyl (C=O) groups excluding carboxylic acids is 1. The number of carbonyl (C=O) groups is 2. The third-order valence-electron chi connectivity index (χ3n) is 9.59. The van der Waals surface area contributed by atoms with E-state index in [9.17, 15) is 24.9 Å². The van der Waals surface area contributed by atoms with Crippen LogP contribution in [-0.2, 0) is 14.3 Å². The number of aliphatic hydroxyl groups is 2. The van der Waals surface area contributed by atoms with Crippen molar-refractivity contribution in [2.75, 3.05) is 7.11 Å². The van der Waals surface area contributed by atoms with Crippen molar-refractivity contribution in [1.82, 2.24) is 5.32 Å². The largest absolute Gasteiger partial charge is 0.515 e. The van der Waals surface area contributed by atoms with Crippen molar-refractivity contribution in [3.63, 3.8) is 0 Å². The summed E-state index contributed by atoms with van der Waals surface area (Å²) in [6.45, 7) is 11.8. The molecule has 6 aliphatic rings. The van der Waals surface area contributed by atoms with Gasteiger partial charge in [-0.1, -0.05) is 26.5 Å². The highest BCUT2D eigenvalue weighted by molar-refractivity contribution is 6.23. The van der Waals surface area contributed by atoms with Crippen LogP contribution >= 0.6 is 0 Å². The number of hydrogen-bond acceptors (Lipinski definition) is 9. The summed E-state index contributed by atoms with van der Waals surface area (Å²) in [6.07, 6.45) is 8.05. The molecule has 6 rings (SSSR count). The van der Waals surface area contributed by atoms with Crippen LogP contribution in [0, 0.1) is 17.8 Å². The number of rotatable bonds is 6. The van der Waals surface area contributed by atoms with E-state index >= 15 is 0 Å². The zero-order chi connectivity index (χ0) is 32.3.